The SMILES string of the molecule is CCSc1[nH]n2cc(C)nc2c1N. The average molecular weight is 196 g/mol. The molecule has 0 radical (unpaired) electrons. The van der Waals surface area contributed by atoms with Crippen LogP contribution in [-0.4, -0.2) is 20.4 Å². The van der Waals surface area contributed by atoms with Crippen LogP contribution >= 0.6 is 11.8 Å². The van der Waals surface area contributed by atoms with Gasteiger partial charge in [-0.25, -0.2) is 9.50 Å². The molecule has 0 unspecified atom stereocenters. The normalized spacial score (nSPS) is 11.2. The minimum atomic E-state index is 0.750. The molecule has 0 aliphatic carbocycles. The summed E-state index contributed by atoms with van der Waals surface area (Å²) in [7, 11) is 0. The second kappa shape index (κ2) is 2.99. The summed E-state index contributed by atoms with van der Waals surface area (Å²) in [5.41, 5.74) is 8.46. The van der Waals surface area contributed by atoms with E-state index in [1.807, 2.05) is 17.6 Å². The van der Waals surface area contributed by atoms with Crippen LogP contribution in [0.25, 0.3) is 5.65 Å². The molecule has 0 aliphatic heterocycles. The number of anilines is 1. The third-order valence-corrected chi connectivity index (χ3v) is 2.71. The van der Waals surface area contributed by atoms with Crippen molar-refractivity contribution >= 4 is 23.1 Å². The maximum absolute atomic E-state index is 5.90. The van der Waals surface area contributed by atoms with Crippen LogP contribution in [0.3, 0.4) is 0 Å². The van der Waals surface area contributed by atoms with Crippen molar-refractivity contribution in [2.24, 2.45) is 0 Å². The summed E-state index contributed by atoms with van der Waals surface area (Å²) in [6.45, 7) is 4.05. The number of nitrogens with zero attached hydrogens (tertiary/aromatic N) is 2. The van der Waals surface area contributed by atoms with Crippen LogP contribution in [0, 0.1) is 6.92 Å². The van der Waals surface area contributed by atoms with Crippen molar-refractivity contribution in [2.45, 2.75) is 18.9 Å². The molecule has 3 N–H and O–H groups in total. The third kappa shape index (κ3) is 1.29. The molecular formula is C8H12N4S. The van der Waals surface area contributed by atoms with Gasteiger partial charge >= 0.3 is 0 Å². The summed E-state index contributed by atoms with van der Waals surface area (Å²) in [6, 6.07) is 0. The molecule has 2 aromatic rings. The number of imidazole rings is 1. The highest BCUT2D eigenvalue weighted by atomic mass is 32.2. The summed E-state index contributed by atoms with van der Waals surface area (Å²) in [4.78, 5) is 4.31. The number of hydrogen-bond acceptors (Lipinski definition) is 3. The molecule has 0 fully saturated rings. The minimum Gasteiger partial charge on any atom is -0.393 e. The second-order valence-corrected chi connectivity index (χ2v) is 4.14. The van der Waals surface area contributed by atoms with Crippen molar-refractivity contribution in [3.63, 3.8) is 0 Å². The molecule has 2 aromatic heterocycles. The van der Waals surface area contributed by atoms with Crippen LogP contribution < -0.4 is 5.73 Å². The first-order valence-electron chi connectivity index (χ1n) is 4.18. The summed E-state index contributed by atoms with van der Waals surface area (Å²) in [6.07, 6.45) is 1.94. The molecule has 0 bridgehead atoms. The predicted molar refractivity (Wildman–Crippen MR) is 55.1 cm³/mol. The lowest BCUT2D eigenvalue weighted by atomic mass is 10.5. The Morgan fingerprint density at radius 1 is 1.69 bits per heavy atom. The molecule has 0 saturated heterocycles. The van der Waals surface area contributed by atoms with E-state index < -0.39 is 0 Å². The van der Waals surface area contributed by atoms with Crippen molar-refractivity contribution in [1.82, 2.24) is 14.6 Å². The van der Waals surface area contributed by atoms with E-state index in [2.05, 4.69) is 17.0 Å². The third-order valence-electron chi connectivity index (χ3n) is 1.82. The standard InChI is InChI=1S/C8H12N4S/c1-3-13-8-6(9)7-10-5(2)4-12(7)11-8/h4,11H,3,9H2,1-2H3. The van der Waals surface area contributed by atoms with E-state index in [9.17, 15) is 0 Å². The number of nitrogens with one attached hydrogen (secondary N) is 1. The highest BCUT2D eigenvalue weighted by molar-refractivity contribution is 7.99. The van der Waals surface area contributed by atoms with Crippen molar-refractivity contribution in [3.8, 4) is 0 Å². The topological polar surface area (TPSA) is 59.1 Å². The molecule has 0 spiro atoms. The monoisotopic (exact) mass is 196 g/mol. The molecule has 5 heteroatoms. The van der Waals surface area contributed by atoms with Gasteiger partial charge in [-0.2, -0.15) is 0 Å². The van der Waals surface area contributed by atoms with E-state index in [4.69, 9.17) is 5.73 Å². The van der Waals surface area contributed by atoms with Crippen LogP contribution in [-0.2, 0) is 0 Å². The van der Waals surface area contributed by atoms with E-state index in [-0.39, 0.29) is 0 Å². The Labute approximate surface area is 80.5 Å². The molecule has 70 valence electrons. The fourth-order valence-corrected chi connectivity index (χ4v) is 2.00. The number of rotatable bonds is 2. The second-order valence-electron chi connectivity index (χ2n) is 2.86. The zero-order chi connectivity index (χ0) is 9.42. The number of hydrogen-bond donors (Lipinski definition) is 2. The fourth-order valence-electron chi connectivity index (χ4n) is 1.30. The van der Waals surface area contributed by atoms with E-state index in [1.165, 1.54) is 0 Å². The number of H-pyrrole nitrogens is 1. The fraction of sp³-hybridized carbons (Fsp3) is 0.375. The Hall–Kier alpha value is -1.10. The first-order valence-corrected chi connectivity index (χ1v) is 5.17. The Kier molecular flexibility index (Phi) is 1.95. The number of aromatic nitrogens is 3. The number of aromatic amines is 1. The van der Waals surface area contributed by atoms with Gasteiger partial charge in [-0.15, -0.1) is 11.8 Å². The van der Waals surface area contributed by atoms with Crippen molar-refractivity contribution in [3.05, 3.63) is 11.9 Å². The largest absolute Gasteiger partial charge is 0.393 e. The van der Waals surface area contributed by atoms with Gasteiger partial charge in [0.1, 0.15) is 10.7 Å². The van der Waals surface area contributed by atoms with Gasteiger partial charge in [0.2, 0.25) is 0 Å². The Balaban J connectivity index is 2.56. The lowest BCUT2D eigenvalue weighted by Crippen LogP contribution is -1.86. The molecule has 0 amide bonds. The van der Waals surface area contributed by atoms with Gasteiger partial charge in [0.15, 0.2) is 5.65 Å². The molecule has 0 saturated carbocycles. The lowest BCUT2D eigenvalue weighted by molar-refractivity contribution is 0.908. The number of nitrogens with two attached hydrogens (primary N) is 1. The molecule has 0 aliphatic rings. The summed E-state index contributed by atoms with van der Waals surface area (Å²) in [5.74, 6) is 1.01. The molecule has 2 heterocycles. The number of thioether (sulfide) groups is 1. The van der Waals surface area contributed by atoms with E-state index >= 15 is 0 Å². The van der Waals surface area contributed by atoms with Crippen molar-refractivity contribution in [1.29, 1.82) is 0 Å². The van der Waals surface area contributed by atoms with Crippen LogP contribution in [0.5, 0.6) is 0 Å². The van der Waals surface area contributed by atoms with E-state index in [1.54, 1.807) is 11.8 Å². The number of aryl methyl sites for hydroxylation is 1. The van der Waals surface area contributed by atoms with Crippen LogP contribution in [0.2, 0.25) is 0 Å². The molecule has 13 heavy (non-hydrogen) atoms. The van der Waals surface area contributed by atoms with Crippen LogP contribution in [0.1, 0.15) is 12.6 Å². The van der Waals surface area contributed by atoms with Crippen LogP contribution in [0.4, 0.5) is 5.69 Å². The molecule has 4 nitrogen and oxygen atoms in total. The van der Waals surface area contributed by atoms with Crippen molar-refractivity contribution in [2.75, 3.05) is 11.5 Å². The molecular weight excluding hydrogens is 184 g/mol. The zero-order valence-electron chi connectivity index (χ0n) is 7.66. The van der Waals surface area contributed by atoms with Gasteiger partial charge in [-0.3, -0.25) is 5.10 Å². The highest BCUT2D eigenvalue weighted by Crippen LogP contribution is 2.26. The minimum absolute atomic E-state index is 0.750. The summed E-state index contributed by atoms with van der Waals surface area (Å²) < 4.78 is 1.86. The molecule has 2 rings (SSSR count). The summed E-state index contributed by atoms with van der Waals surface area (Å²) in [5, 5.41) is 4.18. The van der Waals surface area contributed by atoms with E-state index in [0.717, 1.165) is 27.8 Å². The van der Waals surface area contributed by atoms with Gasteiger partial charge in [0, 0.05) is 0 Å². The Morgan fingerprint density at radius 2 is 2.46 bits per heavy atom. The smallest absolute Gasteiger partial charge is 0.177 e. The van der Waals surface area contributed by atoms with E-state index in [0.29, 0.717) is 0 Å². The van der Waals surface area contributed by atoms with Gasteiger partial charge in [0.05, 0.1) is 11.9 Å². The average Bonchev–Trinajstić information content (AvgIpc) is 2.54. The number of nitrogen functional groups attached to an aromatic ring is 1. The Bertz CT molecular complexity index is 428. The quantitative estimate of drug-likeness (QED) is 0.718. The Morgan fingerprint density at radius 3 is 3.08 bits per heavy atom. The van der Waals surface area contributed by atoms with Gasteiger partial charge < -0.3 is 5.73 Å². The van der Waals surface area contributed by atoms with Gasteiger partial charge in [0.25, 0.3) is 0 Å². The maximum Gasteiger partial charge on any atom is 0.177 e. The first-order chi connectivity index (χ1) is 6.22. The van der Waals surface area contributed by atoms with Crippen LogP contribution in [0.15, 0.2) is 11.2 Å². The summed E-state index contributed by atoms with van der Waals surface area (Å²) >= 11 is 1.70. The maximum atomic E-state index is 5.90. The predicted octanol–water partition coefficient (Wildman–Crippen LogP) is 1.67. The lowest BCUT2D eigenvalue weighted by Gasteiger charge is -1.93. The highest BCUT2D eigenvalue weighted by Gasteiger charge is 2.09. The van der Waals surface area contributed by atoms with Gasteiger partial charge in [-0.05, 0) is 12.7 Å². The van der Waals surface area contributed by atoms with Crippen molar-refractivity contribution < 1.29 is 0 Å². The number of fused-ring (bicyclic) bond motifs is 1. The molecule has 0 aromatic carbocycles. The molecule has 0 atom stereocenters. The van der Waals surface area contributed by atoms with Gasteiger partial charge in [-0.1, -0.05) is 6.92 Å². The zero-order valence-corrected chi connectivity index (χ0v) is 8.48. The first kappa shape index (κ1) is 8.50.